The van der Waals surface area contributed by atoms with Crippen molar-refractivity contribution >= 4 is 5.78 Å². The lowest BCUT2D eigenvalue weighted by molar-refractivity contribution is -0.193. The van der Waals surface area contributed by atoms with Crippen LogP contribution < -0.4 is 0 Å². The molecular formula is C32H52O5. The van der Waals surface area contributed by atoms with E-state index in [0.717, 1.165) is 32.1 Å². The summed E-state index contributed by atoms with van der Waals surface area (Å²) in [7, 11) is 0. The van der Waals surface area contributed by atoms with Crippen molar-refractivity contribution in [2.45, 2.75) is 131 Å². The fourth-order valence-corrected chi connectivity index (χ4v) is 10.3. The Morgan fingerprint density at radius 2 is 1.84 bits per heavy atom. The van der Waals surface area contributed by atoms with Gasteiger partial charge in [-0.25, -0.2) is 0 Å². The van der Waals surface area contributed by atoms with Gasteiger partial charge in [-0.1, -0.05) is 46.3 Å². The number of carbonyl (C=O) groups is 1. The molecule has 210 valence electrons. The lowest BCUT2D eigenvalue weighted by Crippen LogP contribution is -2.57. The summed E-state index contributed by atoms with van der Waals surface area (Å²) in [6.07, 6.45) is 9.07. The zero-order valence-corrected chi connectivity index (χ0v) is 24.6. The van der Waals surface area contributed by atoms with Crippen molar-refractivity contribution in [2.24, 2.45) is 45.3 Å². The first-order chi connectivity index (χ1) is 17.1. The summed E-state index contributed by atoms with van der Waals surface area (Å²) >= 11 is 0. The van der Waals surface area contributed by atoms with E-state index in [9.17, 15) is 15.0 Å². The molecule has 5 rings (SSSR count). The molecule has 0 radical (unpaired) electrons. The first kappa shape index (κ1) is 27.8. The topological polar surface area (TPSA) is 76.0 Å². The minimum absolute atomic E-state index is 0.129. The first-order valence-corrected chi connectivity index (χ1v) is 15.0. The lowest BCUT2D eigenvalue weighted by Gasteiger charge is -2.63. The quantitative estimate of drug-likeness (QED) is 0.435. The van der Waals surface area contributed by atoms with Gasteiger partial charge in [0.25, 0.3) is 0 Å². The molecule has 10 unspecified atom stereocenters. The van der Waals surface area contributed by atoms with Gasteiger partial charge < -0.3 is 19.7 Å². The van der Waals surface area contributed by atoms with Crippen molar-refractivity contribution in [1.29, 1.82) is 0 Å². The number of ketones is 1. The van der Waals surface area contributed by atoms with Crippen molar-refractivity contribution in [1.82, 2.24) is 0 Å². The Bertz CT molecular complexity index is 947. The van der Waals surface area contributed by atoms with Crippen LogP contribution in [0.25, 0.3) is 0 Å². The summed E-state index contributed by atoms with van der Waals surface area (Å²) in [4.78, 5) is 12.9. The van der Waals surface area contributed by atoms with Crippen LogP contribution in [0.3, 0.4) is 0 Å². The maximum absolute atomic E-state index is 12.9. The Morgan fingerprint density at radius 1 is 1.14 bits per heavy atom. The Hall–Kier alpha value is -0.750. The van der Waals surface area contributed by atoms with E-state index in [1.807, 2.05) is 6.92 Å². The zero-order valence-electron chi connectivity index (χ0n) is 24.6. The van der Waals surface area contributed by atoms with Crippen LogP contribution in [0, 0.1) is 45.3 Å². The molecule has 5 nitrogen and oxygen atoms in total. The van der Waals surface area contributed by atoms with Gasteiger partial charge in [0, 0.05) is 24.4 Å². The monoisotopic (exact) mass is 516 g/mol. The summed E-state index contributed by atoms with van der Waals surface area (Å²) in [6.45, 7) is 17.8. The van der Waals surface area contributed by atoms with Crippen LogP contribution in [0.15, 0.2) is 11.6 Å². The standard InChI is InChI=1S/C32H52O5/c1-9-36-27-19(18-23(37-27)26(34)29(4,5)35)20-12-16-32(8)22-10-11-24-28(2,3)25(33)14-15-30(24,6)21(22)13-17-31(20,32)7/h10,19-21,23-24,26-27,34-35H,9,11-18H2,1-8H3. The highest BCUT2D eigenvalue weighted by atomic mass is 16.7. The van der Waals surface area contributed by atoms with Crippen molar-refractivity contribution < 1.29 is 24.5 Å². The predicted molar refractivity (Wildman–Crippen MR) is 145 cm³/mol. The van der Waals surface area contributed by atoms with Crippen LogP contribution in [-0.4, -0.2) is 46.7 Å². The number of carbonyl (C=O) groups excluding carboxylic acids is 1. The predicted octanol–water partition coefficient (Wildman–Crippen LogP) is 6.06. The number of Topliss-reactive ketones (excluding diaryl/α,β-unsaturated/α-hetero) is 1. The molecule has 1 saturated heterocycles. The highest BCUT2D eigenvalue weighted by Gasteiger charge is 2.66. The molecule has 37 heavy (non-hydrogen) atoms. The SMILES string of the molecule is CCOC1OC(C(O)C(C)(C)O)CC1C1CCC2(C)C3=CCC4C(C)(C)C(=O)CCC4(C)C3CCC12C. The van der Waals surface area contributed by atoms with Gasteiger partial charge in [0.15, 0.2) is 6.29 Å². The normalized spacial score (nSPS) is 48.2. The number of hydrogen-bond acceptors (Lipinski definition) is 5. The summed E-state index contributed by atoms with van der Waals surface area (Å²) in [6, 6.07) is 0. The van der Waals surface area contributed by atoms with E-state index in [1.54, 1.807) is 19.4 Å². The zero-order chi connectivity index (χ0) is 27.2. The number of hydrogen-bond donors (Lipinski definition) is 2. The Labute approximate surface area is 224 Å². The second-order valence-electron chi connectivity index (χ2n) is 15.1. The summed E-state index contributed by atoms with van der Waals surface area (Å²) in [5.41, 5.74) is 0.678. The van der Waals surface area contributed by atoms with Gasteiger partial charge in [-0.15, -0.1) is 0 Å². The largest absolute Gasteiger partial charge is 0.388 e. The average molecular weight is 517 g/mol. The minimum atomic E-state index is -1.21. The van der Waals surface area contributed by atoms with Gasteiger partial charge in [-0.3, -0.25) is 4.79 Å². The van der Waals surface area contributed by atoms with Gasteiger partial charge in [0.05, 0.1) is 11.7 Å². The molecule has 5 aliphatic rings. The summed E-state index contributed by atoms with van der Waals surface area (Å²) in [5.74, 6) is 2.09. The summed E-state index contributed by atoms with van der Waals surface area (Å²) < 4.78 is 12.5. The number of rotatable bonds is 5. The molecule has 0 amide bonds. The second-order valence-corrected chi connectivity index (χ2v) is 15.1. The van der Waals surface area contributed by atoms with Crippen LogP contribution in [0.2, 0.25) is 0 Å². The van der Waals surface area contributed by atoms with Gasteiger partial charge in [0.1, 0.15) is 11.9 Å². The molecule has 0 aromatic rings. The minimum Gasteiger partial charge on any atom is -0.388 e. The highest BCUT2D eigenvalue weighted by Crippen LogP contribution is 2.73. The van der Waals surface area contributed by atoms with Crippen LogP contribution in [-0.2, 0) is 14.3 Å². The molecule has 1 heterocycles. The average Bonchev–Trinajstić information content (AvgIpc) is 3.34. The third-order valence-corrected chi connectivity index (χ3v) is 12.7. The molecule has 3 saturated carbocycles. The molecule has 0 aromatic heterocycles. The molecule has 4 fully saturated rings. The van der Waals surface area contributed by atoms with E-state index in [0.29, 0.717) is 30.1 Å². The maximum atomic E-state index is 12.9. The lowest BCUT2D eigenvalue weighted by atomic mass is 9.41. The van der Waals surface area contributed by atoms with Crippen molar-refractivity contribution in [3.8, 4) is 0 Å². The van der Waals surface area contributed by atoms with E-state index >= 15 is 0 Å². The van der Waals surface area contributed by atoms with E-state index in [4.69, 9.17) is 9.47 Å². The van der Waals surface area contributed by atoms with E-state index in [1.165, 1.54) is 19.3 Å². The Balaban J connectivity index is 1.46. The fraction of sp³-hybridized carbons (Fsp3) is 0.906. The van der Waals surface area contributed by atoms with Crippen LogP contribution in [0.1, 0.15) is 107 Å². The number of aliphatic hydroxyl groups is 2. The molecule has 0 bridgehead atoms. The smallest absolute Gasteiger partial charge is 0.161 e. The van der Waals surface area contributed by atoms with Crippen LogP contribution >= 0.6 is 0 Å². The van der Waals surface area contributed by atoms with Gasteiger partial charge in [-0.2, -0.15) is 0 Å². The van der Waals surface area contributed by atoms with E-state index in [-0.39, 0.29) is 33.9 Å². The van der Waals surface area contributed by atoms with Gasteiger partial charge in [-0.05, 0) is 99.7 Å². The van der Waals surface area contributed by atoms with Crippen molar-refractivity contribution in [3.05, 3.63) is 11.6 Å². The van der Waals surface area contributed by atoms with Crippen molar-refractivity contribution in [3.63, 3.8) is 0 Å². The molecule has 1 aliphatic heterocycles. The molecule has 2 N–H and O–H groups in total. The number of ether oxygens (including phenoxy) is 2. The third-order valence-electron chi connectivity index (χ3n) is 12.7. The molecule has 0 spiro atoms. The van der Waals surface area contributed by atoms with Gasteiger partial charge >= 0.3 is 0 Å². The molecule has 0 aromatic carbocycles. The first-order valence-electron chi connectivity index (χ1n) is 15.0. The third kappa shape index (κ3) is 3.88. The maximum Gasteiger partial charge on any atom is 0.161 e. The molecule has 10 atom stereocenters. The highest BCUT2D eigenvalue weighted by molar-refractivity contribution is 5.85. The molecule has 5 heteroatoms. The second kappa shape index (κ2) is 8.88. The number of allylic oxidation sites excluding steroid dienone is 2. The molecular weight excluding hydrogens is 464 g/mol. The van der Waals surface area contributed by atoms with Crippen LogP contribution in [0.5, 0.6) is 0 Å². The molecule has 4 aliphatic carbocycles. The Morgan fingerprint density at radius 3 is 2.49 bits per heavy atom. The van der Waals surface area contributed by atoms with Crippen LogP contribution in [0.4, 0.5) is 0 Å². The Kier molecular flexibility index (Phi) is 6.67. The van der Waals surface area contributed by atoms with E-state index in [2.05, 4.69) is 40.7 Å². The number of fused-ring (bicyclic) bond motifs is 5. The van der Waals surface area contributed by atoms with Gasteiger partial charge in [0.2, 0.25) is 0 Å². The summed E-state index contributed by atoms with van der Waals surface area (Å²) in [5, 5.41) is 21.4. The number of aliphatic hydroxyl groups excluding tert-OH is 1. The fourth-order valence-electron chi connectivity index (χ4n) is 10.3. The van der Waals surface area contributed by atoms with E-state index < -0.39 is 17.8 Å². The van der Waals surface area contributed by atoms with Crippen molar-refractivity contribution in [2.75, 3.05) is 6.61 Å².